The summed E-state index contributed by atoms with van der Waals surface area (Å²) in [5.74, 6) is -5.04. The number of rotatable bonds is 8. The van der Waals surface area contributed by atoms with Crippen LogP contribution in [0.25, 0.3) is 0 Å². The summed E-state index contributed by atoms with van der Waals surface area (Å²) < 4.78 is 49.8. The van der Waals surface area contributed by atoms with Crippen LogP contribution in [-0.4, -0.2) is 40.3 Å². The first-order valence-electron chi connectivity index (χ1n) is 5.92. The molecule has 0 radical (unpaired) electrons. The van der Waals surface area contributed by atoms with Gasteiger partial charge in [-0.1, -0.05) is 6.92 Å². The van der Waals surface area contributed by atoms with Crippen molar-refractivity contribution in [3.05, 3.63) is 16.4 Å². The van der Waals surface area contributed by atoms with Gasteiger partial charge in [0.25, 0.3) is 0 Å². The molecule has 0 bridgehead atoms. The van der Waals surface area contributed by atoms with E-state index in [2.05, 4.69) is 15.3 Å². The molecule has 0 spiro atoms. The predicted molar refractivity (Wildman–Crippen MR) is 66.9 cm³/mol. The molecule has 1 aromatic heterocycles. The van der Waals surface area contributed by atoms with Crippen LogP contribution >= 0.6 is 0 Å². The Labute approximate surface area is 116 Å². The lowest BCUT2D eigenvalue weighted by Gasteiger charge is -2.16. The van der Waals surface area contributed by atoms with Crippen molar-refractivity contribution in [3.8, 4) is 0 Å². The molecular formula is C10H13F4N5O2. The molecule has 0 aromatic carbocycles. The average Bonchev–Trinajstić information content (AvgIpc) is 2.42. The SMILES string of the molecule is CCCNc1ncnc(NCC(F)(F)C(F)F)c1[N+](=O)[O-]. The third-order valence-corrected chi connectivity index (χ3v) is 2.36. The van der Waals surface area contributed by atoms with Gasteiger partial charge in [0.15, 0.2) is 0 Å². The second kappa shape index (κ2) is 6.99. The van der Waals surface area contributed by atoms with Crippen molar-refractivity contribution < 1.29 is 22.5 Å². The number of alkyl halides is 4. The molecule has 0 amide bonds. The Morgan fingerprint density at radius 2 is 1.90 bits per heavy atom. The van der Waals surface area contributed by atoms with E-state index in [9.17, 15) is 27.7 Å². The van der Waals surface area contributed by atoms with Gasteiger partial charge in [-0.05, 0) is 6.42 Å². The minimum atomic E-state index is -4.32. The number of hydrogen-bond acceptors (Lipinski definition) is 6. The van der Waals surface area contributed by atoms with E-state index in [1.165, 1.54) is 0 Å². The zero-order chi connectivity index (χ0) is 16.0. The molecule has 1 heterocycles. The fraction of sp³-hybridized carbons (Fsp3) is 0.600. The Kier molecular flexibility index (Phi) is 5.61. The highest BCUT2D eigenvalue weighted by Gasteiger charge is 2.41. The van der Waals surface area contributed by atoms with Crippen LogP contribution in [0.1, 0.15) is 13.3 Å². The monoisotopic (exact) mass is 311 g/mol. The fourth-order valence-electron chi connectivity index (χ4n) is 1.33. The van der Waals surface area contributed by atoms with E-state index in [-0.39, 0.29) is 5.82 Å². The molecule has 0 aliphatic carbocycles. The third kappa shape index (κ3) is 4.39. The number of aromatic nitrogens is 2. The van der Waals surface area contributed by atoms with Gasteiger partial charge in [0.1, 0.15) is 6.33 Å². The number of hydrogen-bond donors (Lipinski definition) is 2. The molecule has 0 saturated carbocycles. The predicted octanol–water partition coefficient (Wildman–Crippen LogP) is 2.52. The van der Waals surface area contributed by atoms with Gasteiger partial charge in [-0.15, -0.1) is 0 Å². The smallest absolute Gasteiger partial charge is 0.353 e. The molecular weight excluding hydrogens is 298 g/mol. The molecule has 0 fully saturated rings. The molecule has 0 aliphatic heterocycles. The fourth-order valence-corrected chi connectivity index (χ4v) is 1.33. The summed E-state index contributed by atoms with van der Waals surface area (Å²) in [6, 6.07) is 0. The second-order valence-electron chi connectivity index (χ2n) is 4.02. The largest absolute Gasteiger partial charge is 0.364 e. The lowest BCUT2D eigenvalue weighted by atomic mass is 10.3. The molecule has 0 saturated heterocycles. The van der Waals surface area contributed by atoms with Crippen LogP contribution in [0.15, 0.2) is 6.33 Å². The summed E-state index contributed by atoms with van der Waals surface area (Å²) in [6.07, 6.45) is -2.33. The highest BCUT2D eigenvalue weighted by molar-refractivity contribution is 5.69. The minimum absolute atomic E-state index is 0.167. The van der Waals surface area contributed by atoms with Crippen LogP contribution in [0.2, 0.25) is 0 Å². The van der Waals surface area contributed by atoms with Crippen LogP contribution in [-0.2, 0) is 0 Å². The van der Waals surface area contributed by atoms with Gasteiger partial charge in [-0.25, -0.2) is 18.7 Å². The maximum atomic E-state index is 12.8. The van der Waals surface area contributed by atoms with Gasteiger partial charge in [-0.2, -0.15) is 8.78 Å². The maximum absolute atomic E-state index is 12.8. The van der Waals surface area contributed by atoms with Gasteiger partial charge in [0.2, 0.25) is 11.6 Å². The van der Waals surface area contributed by atoms with Crippen LogP contribution in [0.4, 0.5) is 34.9 Å². The number of nitrogens with zero attached hydrogens (tertiary/aromatic N) is 3. The Hall–Kier alpha value is -2.20. The minimum Gasteiger partial charge on any atom is -0.364 e. The van der Waals surface area contributed by atoms with E-state index >= 15 is 0 Å². The van der Waals surface area contributed by atoms with E-state index in [0.29, 0.717) is 13.0 Å². The van der Waals surface area contributed by atoms with Crippen molar-refractivity contribution in [2.24, 2.45) is 0 Å². The first kappa shape index (κ1) is 16.9. The second-order valence-corrected chi connectivity index (χ2v) is 4.02. The summed E-state index contributed by atoms with van der Waals surface area (Å²) in [5, 5.41) is 15.5. The Balaban J connectivity index is 2.98. The summed E-state index contributed by atoms with van der Waals surface area (Å²) in [4.78, 5) is 17.2. The maximum Gasteiger partial charge on any atom is 0.353 e. The molecule has 0 unspecified atom stereocenters. The lowest BCUT2D eigenvalue weighted by Crippen LogP contribution is -2.35. The molecule has 118 valence electrons. The number of nitrogens with one attached hydrogen (secondary N) is 2. The molecule has 0 atom stereocenters. The molecule has 2 N–H and O–H groups in total. The quantitative estimate of drug-likeness (QED) is 0.435. The van der Waals surface area contributed by atoms with Gasteiger partial charge in [-0.3, -0.25) is 10.1 Å². The van der Waals surface area contributed by atoms with Crippen LogP contribution in [0.3, 0.4) is 0 Å². The zero-order valence-electron chi connectivity index (χ0n) is 10.9. The van der Waals surface area contributed by atoms with Crippen molar-refractivity contribution in [1.82, 2.24) is 9.97 Å². The Morgan fingerprint density at radius 1 is 1.33 bits per heavy atom. The summed E-state index contributed by atoms with van der Waals surface area (Å²) in [5.41, 5.74) is -0.670. The molecule has 0 aliphatic rings. The summed E-state index contributed by atoms with van der Waals surface area (Å²) >= 11 is 0. The molecule has 7 nitrogen and oxygen atoms in total. The summed E-state index contributed by atoms with van der Waals surface area (Å²) in [6.45, 7) is 0.697. The van der Waals surface area contributed by atoms with Crippen LogP contribution in [0, 0.1) is 10.1 Å². The average molecular weight is 311 g/mol. The summed E-state index contributed by atoms with van der Waals surface area (Å²) in [7, 11) is 0. The van der Waals surface area contributed by atoms with Crippen molar-refractivity contribution >= 4 is 17.3 Å². The van der Waals surface area contributed by atoms with Gasteiger partial charge in [0.05, 0.1) is 11.5 Å². The highest BCUT2D eigenvalue weighted by atomic mass is 19.3. The van der Waals surface area contributed by atoms with Gasteiger partial charge < -0.3 is 10.6 Å². The van der Waals surface area contributed by atoms with E-state index in [4.69, 9.17) is 0 Å². The van der Waals surface area contributed by atoms with E-state index in [1.807, 2.05) is 12.2 Å². The van der Waals surface area contributed by atoms with Gasteiger partial charge >= 0.3 is 18.0 Å². The molecule has 1 aromatic rings. The first-order valence-corrected chi connectivity index (χ1v) is 5.92. The Bertz CT molecular complexity index is 500. The Morgan fingerprint density at radius 3 is 2.38 bits per heavy atom. The van der Waals surface area contributed by atoms with E-state index in [0.717, 1.165) is 6.33 Å². The van der Waals surface area contributed by atoms with Crippen molar-refractivity contribution in [1.29, 1.82) is 0 Å². The van der Waals surface area contributed by atoms with Crippen molar-refractivity contribution in [2.45, 2.75) is 25.7 Å². The topological polar surface area (TPSA) is 93.0 Å². The van der Waals surface area contributed by atoms with Crippen molar-refractivity contribution in [3.63, 3.8) is 0 Å². The first-order chi connectivity index (χ1) is 9.79. The number of anilines is 2. The molecule has 21 heavy (non-hydrogen) atoms. The normalized spacial score (nSPS) is 11.5. The molecule has 11 heteroatoms. The van der Waals surface area contributed by atoms with Gasteiger partial charge in [0, 0.05) is 6.54 Å². The standard InChI is InChI=1S/C10H13F4N5O2/c1-2-3-15-7-6(19(20)21)8(18-5-17-7)16-4-10(13,14)9(11)12/h5,9H,2-4H2,1H3,(H2,15,16,17,18). The van der Waals surface area contributed by atoms with E-state index in [1.54, 1.807) is 0 Å². The zero-order valence-corrected chi connectivity index (χ0v) is 10.9. The highest BCUT2D eigenvalue weighted by Crippen LogP contribution is 2.30. The number of nitro groups is 1. The lowest BCUT2D eigenvalue weighted by molar-refractivity contribution is -0.383. The van der Waals surface area contributed by atoms with Crippen molar-refractivity contribution in [2.75, 3.05) is 23.7 Å². The number of halogens is 4. The van der Waals surface area contributed by atoms with E-state index < -0.39 is 35.3 Å². The third-order valence-electron chi connectivity index (χ3n) is 2.36. The van der Waals surface area contributed by atoms with Crippen LogP contribution in [0.5, 0.6) is 0 Å². The molecule has 1 rings (SSSR count). The van der Waals surface area contributed by atoms with Crippen LogP contribution < -0.4 is 10.6 Å².